The van der Waals surface area contributed by atoms with Gasteiger partial charge < -0.3 is 5.32 Å². The van der Waals surface area contributed by atoms with E-state index in [1.54, 1.807) is 41.1 Å². The third-order valence-corrected chi connectivity index (χ3v) is 6.84. The van der Waals surface area contributed by atoms with E-state index in [2.05, 4.69) is 21.5 Å². The second-order valence-corrected chi connectivity index (χ2v) is 10.0. The van der Waals surface area contributed by atoms with Crippen molar-refractivity contribution >= 4 is 32.5 Å². The van der Waals surface area contributed by atoms with Crippen LogP contribution >= 0.6 is 0 Å². The first-order chi connectivity index (χ1) is 17.2. The molecule has 0 aliphatic carbocycles. The molecule has 0 saturated heterocycles. The fraction of sp³-hybridized carbons (Fsp3) is 0.0741. The molecule has 0 spiro atoms. The monoisotopic (exact) mass is 497 g/mol. The van der Waals surface area contributed by atoms with E-state index in [1.807, 2.05) is 44.2 Å². The van der Waals surface area contributed by atoms with E-state index in [4.69, 9.17) is 5.14 Å². The summed E-state index contributed by atoms with van der Waals surface area (Å²) in [4.78, 5) is 17.6. The molecule has 0 fully saturated rings. The summed E-state index contributed by atoms with van der Waals surface area (Å²) in [6.45, 7) is 3.82. The molecule has 9 heteroatoms. The molecule has 2 aromatic heterocycles. The molecule has 0 saturated carbocycles. The minimum atomic E-state index is -3.90. The van der Waals surface area contributed by atoms with E-state index in [0.29, 0.717) is 28.3 Å². The standard InChI is InChI=1S/C27H23N5O3S/c1-17-13-19-7-3-4-8-20(19)15-23(17)32-24(14-18(2)31-32)27(33)30-26-12-11-21(16-29-26)22-9-5-6-10-25(22)36(28,34)35/h3-16H,1-2H3,(H2,28,34,35)(H,29,30,33). The first kappa shape index (κ1) is 23.4. The number of benzene rings is 3. The number of amides is 1. The van der Waals surface area contributed by atoms with Gasteiger partial charge in [0.15, 0.2) is 0 Å². The van der Waals surface area contributed by atoms with Gasteiger partial charge in [-0.25, -0.2) is 23.2 Å². The van der Waals surface area contributed by atoms with Crippen LogP contribution in [-0.2, 0) is 10.0 Å². The maximum atomic E-state index is 13.2. The highest BCUT2D eigenvalue weighted by Crippen LogP contribution is 2.27. The van der Waals surface area contributed by atoms with E-state index >= 15 is 0 Å². The van der Waals surface area contributed by atoms with Crippen molar-refractivity contribution in [3.05, 3.63) is 102 Å². The van der Waals surface area contributed by atoms with Crippen molar-refractivity contribution in [3.8, 4) is 16.8 Å². The lowest BCUT2D eigenvalue weighted by molar-refractivity contribution is 0.101. The van der Waals surface area contributed by atoms with Gasteiger partial charge in [-0.2, -0.15) is 5.10 Å². The zero-order chi connectivity index (χ0) is 25.4. The van der Waals surface area contributed by atoms with Crippen molar-refractivity contribution in [1.82, 2.24) is 14.8 Å². The van der Waals surface area contributed by atoms with Crippen LogP contribution in [0.1, 0.15) is 21.7 Å². The molecule has 0 bridgehead atoms. The van der Waals surface area contributed by atoms with Gasteiger partial charge in [-0.15, -0.1) is 0 Å². The molecule has 2 heterocycles. The summed E-state index contributed by atoms with van der Waals surface area (Å²) in [5, 5.41) is 14.9. The van der Waals surface area contributed by atoms with Crippen LogP contribution in [-0.4, -0.2) is 29.1 Å². The van der Waals surface area contributed by atoms with Crippen LogP contribution in [0.4, 0.5) is 5.82 Å². The summed E-state index contributed by atoms with van der Waals surface area (Å²) in [5.74, 6) is -0.0502. The number of anilines is 1. The molecule has 5 rings (SSSR count). The minimum absolute atomic E-state index is 0.00807. The highest BCUT2D eigenvalue weighted by Gasteiger charge is 2.19. The highest BCUT2D eigenvalue weighted by molar-refractivity contribution is 7.89. The van der Waals surface area contributed by atoms with E-state index in [-0.39, 0.29) is 10.8 Å². The minimum Gasteiger partial charge on any atom is -0.305 e. The average Bonchev–Trinajstić information content (AvgIpc) is 3.25. The van der Waals surface area contributed by atoms with Gasteiger partial charge in [0, 0.05) is 17.3 Å². The van der Waals surface area contributed by atoms with Crippen LogP contribution in [0, 0.1) is 13.8 Å². The number of fused-ring (bicyclic) bond motifs is 1. The van der Waals surface area contributed by atoms with Gasteiger partial charge in [-0.05, 0) is 66.6 Å². The van der Waals surface area contributed by atoms with Crippen molar-refractivity contribution in [1.29, 1.82) is 0 Å². The second kappa shape index (κ2) is 9.03. The Morgan fingerprint density at radius 3 is 2.31 bits per heavy atom. The number of primary sulfonamides is 1. The lowest BCUT2D eigenvalue weighted by atomic mass is 10.1. The summed E-state index contributed by atoms with van der Waals surface area (Å²) >= 11 is 0. The Morgan fingerprint density at radius 2 is 1.61 bits per heavy atom. The molecule has 0 aliphatic heterocycles. The Kier molecular flexibility index (Phi) is 5.87. The number of sulfonamides is 1. The molecule has 180 valence electrons. The molecular formula is C27H23N5O3S. The molecule has 36 heavy (non-hydrogen) atoms. The normalized spacial score (nSPS) is 11.5. The number of nitrogens with zero attached hydrogens (tertiary/aromatic N) is 3. The Hall–Kier alpha value is -4.34. The van der Waals surface area contributed by atoms with Crippen LogP contribution < -0.4 is 10.5 Å². The number of carbonyl (C=O) groups excluding carboxylic acids is 1. The van der Waals surface area contributed by atoms with Crippen LogP contribution in [0.5, 0.6) is 0 Å². The number of aromatic nitrogens is 3. The molecule has 0 aliphatic rings. The molecule has 0 radical (unpaired) electrons. The highest BCUT2D eigenvalue weighted by atomic mass is 32.2. The Bertz CT molecular complexity index is 1720. The fourth-order valence-electron chi connectivity index (χ4n) is 4.18. The van der Waals surface area contributed by atoms with Crippen LogP contribution in [0.3, 0.4) is 0 Å². The molecule has 8 nitrogen and oxygen atoms in total. The summed E-state index contributed by atoms with van der Waals surface area (Å²) in [6.07, 6.45) is 1.50. The molecule has 1 amide bonds. The Morgan fingerprint density at radius 1 is 0.917 bits per heavy atom. The maximum Gasteiger partial charge on any atom is 0.275 e. The number of hydrogen-bond donors (Lipinski definition) is 2. The van der Waals surface area contributed by atoms with Gasteiger partial charge in [-0.1, -0.05) is 42.5 Å². The third kappa shape index (κ3) is 4.49. The van der Waals surface area contributed by atoms with Gasteiger partial charge >= 0.3 is 0 Å². The molecule has 0 atom stereocenters. The SMILES string of the molecule is Cc1cc(C(=O)Nc2ccc(-c3ccccc3S(N)(=O)=O)cn2)n(-c2cc3ccccc3cc2C)n1. The predicted molar refractivity (Wildman–Crippen MR) is 140 cm³/mol. The first-order valence-corrected chi connectivity index (χ1v) is 12.7. The summed E-state index contributed by atoms with van der Waals surface area (Å²) in [6, 6.07) is 23.6. The van der Waals surface area contributed by atoms with Crippen LogP contribution in [0.25, 0.3) is 27.6 Å². The van der Waals surface area contributed by atoms with Gasteiger partial charge in [0.1, 0.15) is 11.5 Å². The quantitative estimate of drug-likeness (QED) is 0.368. The zero-order valence-corrected chi connectivity index (χ0v) is 20.5. The Balaban J connectivity index is 1.45. The van der Waals surface area contributed by atoms with E-state index in [9.17, 15) is 13.2 Å². The first-order valence-electron chi connectivity index (χ1n) is 11.2. The van der Waals surface area contributed by atoms with E-state index < -0.39 is 10.0 Å². The van der Waals surface area contributed by atoms with Gasteiger partial charge in [0.2, 0.25) is 10.0 Å². The molecule has 3 N–H and O–H groups in total. The number of nitrogens with one attached hydrogen (secondary N) is 1. The number of aryl methyl sites for hydroxylation is 2. The molecule has 3 aromatic carbocycles. The Labute approximate surface area is 208 Å². The number of carbonyl (C=O) groups is 1. The van der Waals surface area contributed by atoms with E-state index in [0.717, 1.165) is 22.0 Å². The van der Waals surface area contributed by atoms with Crippen LogP contribution in [0.2, 0.25) is 0 Å². The summed E-state index contributed by atoms with van der Waals surface area (Å²) < 4.78 is 25.5. The summed E-state index contributed by atoms with van der Waals surface area (Å²) in [5.41, 5.74) is 3.87. The molecule has 5 aromatic rings. The number of hydrogen-bond acceptors (Lipinski definition) is 5. The van der Waals surface area contributed by atoms with Gasteiger partial charge in [0.05, 0.1) is 16.3 Å². The topological polar surface area (TPSA) is 120 Å². The van der Waals surface area contributed by atoms with E-state index in [1.165, 1.54) is 12.3 Å². The van der Waals surface area contributed by atoms with Crippen molar-refractivity contribution in [2.45, 2.75) is 18.7 Å². The fourth-order valence-corrected chi connectivity index (χ4v) is 4.94. The van der Waals surface area contributed by atoms with Crippen molar-refractivity contribution in [2.24, 2.45) is 5.14 Å². The number of nitrogens with two attached hydrogens (primary N) is 1. The third-order valence-electron chi connectivity index (χ3n) is 5.87. The zero-order valence-electron chi connectivity index (χ0n) is 19.6. The largest absolute Gasteiger partial charge is 0.305 e. The second-order valence-electron chi connectivity index (χ2n) is 8.50. The van der Waals surface area contributed by atoms with Crippen molar-refractivity contribution in [2.75, 3.05) is 5.32 Å². The molecular weight excluding hydrogens is 474 g/mol. The maximum absolute atomic E-state index is 13.2. The average molecular weight is 498 g/mol. The lowest BCUT2D eigenvalue weighted by Crippen LogP contribution is -2.18. The summed E-state index contributed by atoms with van der Waals surface area (Å²) in [7, 11) is -3.90. The van der Waals surface area contributed by atoms with Crippen molar-refractivity contribution < 1.29 is 13.2 Å². The lowest BCUT2D eigenvalue weighted by Gasteiger charge is -2.12. The predicted octanol–water partition coefficient (Wildman–Crippen LogP) is 4.60. The van der Waals surface area contributed by atoms with Crippen LogP contribution in [0.15, 0.2) is 90.0 Å². The van der Waals surface area contributed by atoms with Crippen molar-refractivity contribution in [3.63, 3.8) is 0 Å². The number of pyridine rings is 1. The van der Waals surface area contributed by atoms with Gasteiger partial charge in [0.25, 0.3) is 5.91 Å². The molecule has 0 unspecified atom stereocenters. The van der Waals surface area contributed by atoms with Gasteiger partial charge in [-0.3, -0.25) is 4.79 Å². The number of rotatable bonds is 5. The smallest absolute Gasteiger partial charge is 0.275 e.